The summed E-state index contributed by atoms with van der Waals surface area (Å²) in [5.74, 6) is -0.605. The van der Waals surface area contributed by atoms with Crippen molar-refractivity contribution in [2.45, 2.75) is 46.1 Å². The van der Waals surface area contributed by atoms with Gasteiger partial charge in [-0.05, 0) is 42.0 Å². The van der Waals surface area contributed by atoms with E-state index in [1.54, 1.807) is 11.8 Å². The summed E-state index contributed by atoms with van der Waals surface area (Å²) in [7, 11) is 0. The van der Waals surface area contributed by atoms with Gasteiger partial charge in [0.1, 0.15) is 6.04 Å². The fourth-order valence-corrected chi connectivity index (χ4v) is 4.06. The number of benzene rings is 2. The number of nitrogens with zero attached hydrogens (tertiary/aromatic N) is 1. The Hall–Kier alpha value is -2.89. The van der Waals surface area contributed by atoms with E-state index < -0.39 is 6.04 Å². The number of piperidine rings is 1. The van der Waals surface area contributed by atoms with Crippen LogP contribution in [0.5, 0.6) is 0 Å². The molecule has 6 heteroatoms. The normalized spacial score (nSPS) is 15.7. The SMILES string of the molecule is CCOC(=O)C1CCN(C(=O)C(NC(=O)Cc2ccc3ccccc3c2)C(C)C)CC1. The third-order valence-corrected chi connectivity index (χ3v) is 5.85. The minimum absolute atomic E-state index is 0.0316. The Bertz CT molecular complexity index is 932. The Morgan fingerprint density at radius 2 is 1.74 bits per heavy atom. The number of fused-ring (bicyclic) bond motifs is 1. The van der Waals surface area contributed by atoms with Crippen LogP contribution < -0.4 is 5.32 Å². The molecule has 1 aliphatic rings. The van der Waals surface area contributed by atoms with Crippen LogP contribution in [-0.2, 0) is 25.5 Å². The van der Waals surface area contributed by atoms with E-state index in [-0.39, 0.29) is 36.0 Å². The second-order valence-electron chi connectivity index (χ2n) is 8.50. The summed E-state index contributed by atoms with van der Waals surface area (Å²) in [6, 6.07) is 13.4. The Morgan fingerprint density at radius 3 is 2.39 bits per heavy atom. The van der Waals surface area contributed by atoms with Crippen molar-refractivity contribution < 1.29 is 19.1 Å². The summed E-state index contributed by atoms with van der Waals surface area (Å²) in [4.78, 5) is 39.5. The highest BCUT2D eigenvalue weighted by molar-refractivity contribution is 5.90. The molecule has 0 bridgehead atoms. The van der Waals surface area contributed by atoms with E-state index in [9.17, 15) is 14.4 Å². The topological polar surface area (TPSA) is 75.7 Å². The lowest BCUT2D eigenvalue weighted by Crippen LogP contribution is -2.53. The maximum Gasteiger partial charge on any atom is 0.309 e. The molecule has 1 atom stereocenters. The highest BCUT2D eigenvalue weighted by Crippen LogP contribution is 2.21. The quantitative estimate of drug-likeness (QED) is 0.692. The fraction of sp³-hybridized carbons (Fsp3) is 0.480. The molecule has 6 nitrogen and oxygen atoms in total. The van der Waals surface area contributed by atoms with Crippen LogP contribution in [0.4, 0.5) is 0 Å². The zero-order valence-corrected chi connectivity index (χ0v) is 18.6. The molecule has 31 heavy (non-hydrogen) atoms. The number of carbonyl (C=O) groups excluding carboxylic acids is 3. The van der Waals surface area contributed by atoms with Gasteiger partial charge in [-0.2, -0.15) is 0 Å². The van der Waals surface area contributed by atoms with Crippen molar-refractivity contribution >= 4 is 28.6 Å². The van der Waals surface area contributed by atoms with Crippen molar-refractivity contribution in [3.05, 3.63) is 48.0 Å². The Labute approximate surface area is 183 Å². The van der Waals surface area contributed by atoms with Crippen LogP contribution in [0.1, 0.15) is 39.2 Å². The Balaban J connectivity index is 1.59. The molecule has 0 radical (unpaired) electrons. The number of hydrogen-bond acceptors (Lipinski definition) is 4. The number of hydrogen-bond donors (Lipinski definition) is 1. The number of likely N-dealkylation sites (tertiary alicyclic amines) is 1. The molecule has 1 unspecified atom stereocenters. The molecule has 1 N–H and O–H groups in total. The van der Waals surface area contributed by atoms with E-state index in [4.69, 9.17) is 4.74 Å². The summed E-state index contributed by atoms with van der Waals surface area (Å²) >= 11 is 0. The van der Waals surface area contributed by atoms with Crippen molar-refractivity contribution in [1.29, 1.82) is 0 Å². The fourth-order valence-electron chi connectivity index (χ4n) is 4.06. The molecule has 1 aliphatic heterocycles. The van der Waals surface area contributed by atoms with E-state index in [1.165, 1.54) is 0 Å². The molecular weight excluding hydrogens is 392 g/mol. The molecule has 0 spiro atoms. The lowest BCUT2D eigenvalue weighted by atomic mass is 9.95. The van der Waals surface area contributed by atoms with Crippen LogP contribution >= 0.6 is 0 Å². The van der Waals surface area contributed by atoms with Crippen molar-refractivity contribution in [1.82, 2.24) is 10.2 Å². The smallest absolute Gasteiger partial charge is 0.309 e. The van der Waals surface area contributed by atoms with Gasteiger partial charge < -0.3 is 15.0 Å². The van der Waals surface area contributed by atoms with Crippen LogP contribution in [0, 0.1) is 11.8 Å². The average molecular weight is 425 g/mol. The maximum absolute atomic E-state index is 13.1. The first kappa shape index (κ1) is 22.8. The second kappa shape index (κ2) is 10.4. The summed E-state index contributed by atoms with van der Waals surface area (Å²) in [6.45, 7) is 7.05. The third-order valence-electron chi connectivity index (χ3n) is 5.85. The predicted molar refractivity (Wildman–Crippen MR) is 120 cm³/mol. The standard InChI is InChI=1S/C25H32N2O4/c1-4-31-25(30)20-11-13-27(14-12-20)24(29)23(17(2)3)26-22(28)16-18-9-10-19-7-5-6-8-21(19)15-18/h5-10,15,17,20,23H,4,11-14,16H2,1-3H3,(H,26,28). The monoisotopic (exact) mass is 424 g/mol. The van der Waals surface area contributed by atoms with Gasteiger partial charge in [0.05, 0.1) is 18.9 Å². The van der Waals surface area contributed by atoms with E-state index in [0.29, 0.717) is 32.5 Å². The number of amides is 2. The van der Waals surface area contributed by atoms with Gasteiger partial charge in [-0.25, -0.2) is 0 Å². The molecule has 166 valence electrons. The van der Waals surface area contributed by atoms with Gasteiger partial charge in [0, 0.05) is 13.1 Å². The van der Waals surface area contributed by atoms with Gasteiger partial charge in [0.2, 0.25) is 11.8 Å². The van der Waals surface area contributed by atoms with E-state index >= 15 is 0 Å². The molecule has 0 aliphatic carbocycles. The van der Waals surface area contributed by atoms with Crippen molar-refractivity contribution in [3.8, 4) is 0 Å². The first-order valence-corrected chi connectivity index (χ1v) is 11.1. The maximum atomic E-state index is 13.1. The molecular formula is C25H32N2O4. The summed E-state index contributed by atoms with van der Waals surface area (Å²) in [5, 5.41) is 5.17. The Kier molecular flexibility index (Phi) is 7.66. The minimum atomic E-state index is -0.577. The third kappa shape index (κ3) is 5.84. The minimum Gasteiger partial charge on any atom is -0.466 e. The highest BCUT2D eigenvalue weighted by atomic mass is 16.5. The van der Waals surface area contributed by atoms with Gasteiger partial charge in [-0.15, -0.1) is 0 Å². The largest absolute Gasteiger partial charge is 0.466 e. The summed E-state index contributed by atoms with van der Waals surface area (Å²) < 4.78 is 5.10. The first-order valence-electron chi connectivity index (χ1n) is 11.1. The van der Waals surface area contributed by atoms with Crippen LogP contribution in [0.15, 0.2) is 42.5 Å². The van der Waals surface area contributed by atoms with E-state index in [1.807, 2.05) is 56.3 Å². The lowest BCUT2D eigenvalue weighted by Gasteiger charge is -2.34. The van der Waals surface area contributed by atoms with Crippen LogP contribution in [0.25, 0.3) is 10.8 Å². The number of rotatable bonds is 7. The predicted octanol–water partition coefficient (Wildman–Crippen LogP) is 3.32. The molecule has 1 heterocycles. The molecule has 2 amide bonds. The van der Waals surface area contributed by atoms with Crippen molar-refractivity contribution in [2.24, 2.45) is 11.8 Å². The number of ether oxygens (including phenoxy) is 1. The number of nitrogens with one attached hydrogen (secondary N) is 1. The lowest BCUT2D eigenvalue weighted by molar-refractivity contribution is -0.151. The molecule has 1 fully saturated rings. The van der Waals surface area contributed by atoms with Crippen LogP contribution in [0.2, 0.25) is 0 Å². The zero-order chi connectivity index (χ0) is 22.4. The molecule has 0 aromatic heterocycles. The first-order chi connectivity index (χ1) is 14.9. The van der Waals surface area contributed by atoms with E-state index in [2.05, 4.69) is 5.32 Å². The van der Waals surface area contributed by atoms with Crippen LogP contribution in [-0.4, -0.2) is 48.4 Å². The summed E-state index contributed by atoms with van der Waals surface area (Å²) in [6.07, 6.45) is 1.42. The molecule has 2 aromatic rings. The number of esters is 1. The molecule has 0 saturated carbocycles. The van der Waals surface area contributed by atoms with E-state index in [0.717, 1.165) is 16.3 Å². The average Bonchev–Trinajstić information content (AvgIpc) is 2.77. The Morgan fingerprint density at radius 1 is 1.06 bits per heavy atom. The zero-order valence-electron chi connectivity index (χ0n) is 18.6. The second-order valence-corrected chi connectivity index (χ2v) is 8.50. The van der Waals surface area contributed by atoms with Crippen molar-refractivity contribution in [3.63, 3.8) is 0 Å². The summed E-state index contributed by atoms with van der Waals surface area (Å²) in [5.41, 5.74) is 0.918. The van der Waals surface area contributed by atoms with Gasteiger partial charge in [-0.1, -0.05) is 56.3 Å². The molecule has 2 aromatic carbocycles. The molecule has 1 saturated heterocycles. The van der Waals surface area contributed by atoms with Crippen LogP contribution in [0.3, 0.4) is 0 Å². The molecule has 3 rings (SSSR count). The van der Waals surface area contributed by atoms with Gasteiger partial charge in [0.15, 0.2) is 0 Å². The van der Waals surface area contributed by atoms with Crippen molar-refractivity contribution in [2.75, 3.05) is 19.7 Å². The van der Waals surface area contributed by atoms with Gasteiger partial charge >= 0.3 is 5.97 Å². The van der Waals surface area contributed by atoms with Gasteiger partial charge in [-0.3, -0.25) is 14.4 Å². The highest BCUT2D eigenvalue weighted by Gasteiger charge is 2.33. The number of carbonyl (C=O) groups is 3. The van der Waals surface area contributed by atoms with Gasteiger partial charge in [0.25, 0.3) is 0 Å².